The third kappa shape index (κ3) is 6.11. The van der Waals surface area contributed by atoms with Crippen LogP contribution in [0.2, 0.25) is 0 Å². The van der Waals surface area contributed by atoms with Gasteiger partial charge in [-0.05, 0) is 5.56 Å². The van der Waals surface area contributed by atoms with Crippen molar-refractivity contribution in [1.82, 2.24) is 0 Å². The molecule has 1 aromatic rings. The lowest BCUT2D eigenvalue weighted by molar-refractivity contribution is 0.153. The van der Waals surface area contributed by atoms with Crippen LogP contribution in [-0.2, 0) is 11.3 Å². The number of hydrogen-bond acceptors (Lipinski definition) is 2. The van der Waals surface area contributed by atoms with Gasteiger partial charge in [0, 0.05) is 10.8 Å². The summed E-state index contributed by atoms with van der Waals surface area (Å²) in [5.74, 6) is 5.78. The van der Waals surface area contributed by atoms with E-state index >= 15 is 0 Å². The quantitative estimate of drug-likeness (QED) is 0.389. The minimum absolute atomic E-state index is 0.317. The van der Waals surface area contributed by atoms with Gasteiger partial charge in [-0.3, -0.25) is 0 Å². The zero-order valence-electron chi connectivity index (χ0n) is 9.03. The van der Waals surface area contributed by atoms with Crippen LogP contribution in [0.4, 0.5) is 0 Å². The predicted octanol–water partition coefficient (Wildman–Crippen LogP) is 2.39. The summed E-state index contributed by atoms with van der Waals surface area (Å²) in [6.07, 6.45) is 0.208. The minimum Gasteiger partial charge on any atom is -0.391 e. The minimum atomic E-state index is -0.317. The Morgan fingerprint density at radius 3 is 2.69 bits per heavy atom. The van der Waals surface area contributed by atoms with Crippen LogP contribution in [0.3, 0.4) is 0 Å². The second-order valence-electron chi connectivity index (χ2n) is 3.34. The molecule has 16 heavy (non-hydrogen) atoms. The van der Waals surface area contributed by atoms with Gasteiger partial charge < -0.3 is 9.84 Å². The topological polar surface area (TPSA) is 29.5 Å². The van der Waals surface area contributed by atoms with Crippen LogP contribution in [0, 0.1) is 11.8 Å². The summed E-state index contributed by atoms with van der Waals surface area (Å²) in [4.78, 5) is 0. The van der Waals surface area contributed by atoms with Gasteiger partial charge >= 0.3 is 0 Å². The van der Waals surface area contributed by atoms with Crippen LogP contribution >= 0.6 is 22.6 Å². The molecular formula is C13H15IO2. The van der Waals surface area contributed by atoms with Crippen LogP contribution in [0.15, 0.2) is 30.3 Å². The summed E-state index contributed by atoms with van der Waals surface area (Å²) >= 11 is 2.14. The second-order valence-corrected chi connectivity index (χ2v) is 4.22. The lowest BCUT2D eigenvalue weighted by Gasteiger charge is -2.00. The van der Waals surface area contributed by atoms with Crippen LogP contribution in [0.25, 0.3) is 0 Å². The fourth-order valence-corrected chi connectivity index (χ4v) is 1.40. The number of aliphatic hydroxyl groups excluding tert-OH is 1. The van der Waals surface area contributed by atoms with E-state index in [1.165, 1.54) is 0 Å². The molecule has 86 valence electrons. The number of halogens is 1. The van der Waals surface area contributed by atoms with Crippen LogP contribution in [-0.4, -0.2) is 22.2 Å². The molecule has 0 saturated carbocycles. The first-order chi connectivity index (χ1) is 7.83. The Labute approximate surface area is 110 Å². The number of hydrogen-bond donors (Lipinski definition) is 1. The van der Waals surface area contributed by atoms with Crippen molar-refractivity contribution in [2.45, 2.75) is 19.1 Å². The fraction of sp³-hybridized carbons (Fsp3) is 0.385. The van der Waals surface area contributed by atoms with Crippen molar-refractivity contribution in [2.75, 3.05) is 11.0 Å². The van der Waals surface area contributed by atoms with E-state index in [0.29, 0.717) is 19.6 Å². The molecule has 0 amide bonds. The molecule has 0 aliphatic heterocycles. The molecule has 3 heteroatoms. The van der Waals surface area contributed by atoms with Crippen molar-refractivity contribution in [3.05, 3.63) is 35.9 Å². The molecule has 0 saturated heterocycles. The van der Waals surface area contributed by atoms with Gasteiger partial charge in [0.05, 0.1) is 12.7 Å². The maximum absolute atomic E-state index is 9.24. The third-order valence-electron chi connectivity index (χ3n) is 1.93. The zero-order valence-corrected chi connectivity index (χ0v) is 11.2. The van der Waals surface area contributed by atoms with E-state index in [0.717, 1.165) is 9.99 Å². The number of alkyl halides is 1. The standard InChI is InChI=1S/C13H15IO2/c14-10-13(15)8-4-5-9-16-11-12-6-2-1-3-7-12/h1-3,6-7,13,15H,8-11H2. The lowest BCUT2D eigenvalue weighted by Crippen LogP contribution is -2.05. The van der Waals surface area contributed by atoms with Crippen LogP contribution in [0.5, 0.6) is 0 Å². The Balaban J connectivity index is 2.12. The van der Waals surface area contributed by atoms with Crippen molar-refractivity contribution in [3.63, 3.8) is 0 Å². The number of benzene rings is 1. The molecule has 0 heterocycles. The molecule has 0 aliphatic carbocycles. The molecule has 2 nitrogen and oxygen atoms in total. The number of rotatable bonds is 5. The highest BCUT2D eigenvalue weighted by molar-refractivity contribution is 14.1. The molecule has 0 aromatic heterocycles. The molecule has 0 fully saturated rings. The van der Waals surface area contributed by atoms with Gasteiger partial charge in [-0.2, -0.15) is 0 Å². The summed E-state index contributed by atoms with van der Waals surface area (Å²) in [6.45, 7) is 1.01. The molecule has 1 unspecified atom stereocenters. The first-order valence-electron chi connectivity index (χ1n) is 5.14. The van der Waals surface area contributed by atoms with E-state index in [4.69, 9.17) is 4.74 Å². The van der Waals surface area contributed by atoms with Crippen molar-refractivity contribution in [3.8, 4) is 11.8 Å². The van der Waals surface area contributed by atoms with E-state index in [9.17, 15) is 5.11 Å². The van der Waals surface area contributed by atoms with Gasteiger partial charge in [0.25, 0.3) is 0 Å². The zero-order chi connectivity index (χ0) is 11.6. The van der Waals surface area contributed by atoms with Gasteiger partial charge in [0.2, 0.25) is 0 Å². The van der Waals surface area contributed by atoms with E-state index in [1.54, 1.807) is 0 Å². The number of ether oxygens (including phenoxy) is 1. The molecule has 1 N–H and O–H groups in total. The van der Waals surface area contributed by atoms with Gasteiger partial charge in [-0.1, -0.05) is 64.8 Å². The summed E-state index contributed by atoms with van der Waals surface area (Å²) < 4.78 is 6.10. The lowest BCUT2D eigenvalue weighted by atomic mass is 10.2. The highest BCUT2D eigenvalue weighted by Gasteiger charge is 1.96. The van der Waals surface area contributed by atoms with E-state index in [2.05, 4.69) is 34.4 Å². The molecule has 0 spiro atoms. The van der Waals surface area contributed by atoms with Crippen molar-refractivity contribution in [1.29, 1.82) is 0 Å². The number of aliphatic hydroxyl groups is 1. The van der Waals surface area contributed by atoms with E-state index in [1.807, 2.05) is 30.3 Å². The largest absolute Gasteiger partial charge is 0.391 e. The maximum atomic E-state index is 9.24. The second kappa shape index (κ2) is 8.57. The Morgan fingerprint density at radius 1 is 1.25 bits per heavy atom. The molecular weight excluding hydrogens is 315 g/mol. The van der Waals surface area contributed by atoms with Crippen LogP contribution in [0.1, 0.15) is 12.0 Å². The van der Waals surface area contributed by atoms with E-state index < -0.39 is 0 Å². The Kier molecular flexibility index (Phi) is 7.23. The Morgan fingerprint density at radius 2 is 2.00 bits per heavy atom. The van der Waals surface area contributed by atoms with Gasteiger partial charge in [-0.25, -0.2) is 0 Å². The summed E-state index contributed by atoms with van der Waals surface area (Å²) in [5, 5.41) is 9.24. The summed E-state index contributed by atoms with van der Waals surface area (Å²) in [5.41, 5.74) is 1.15. The van der Waals surface area contributed by atoms with Gasteiger partial charge in [0.1, 0.15) is 6.61 Å². The van der Waals surface area contributed by atoms with Gasteiger partial charge in [-0.15, -0.1) is 0 Å². The van der Waals surface area contributed by atoms with E-state index in [-0.39, 0.29) is 6.10 Å². The summed E-state index contributed by atoms with van der Waals surface area (Å²) in [6, 6.07) is 10.00. The molecule has 0 bridgehead atoms. The highest BCUT2D eigenvalue weighted by atomic mass is 127. The summed E-state index contributed by atoms with van der Waals surface area (Å²) in [7, 11) is 0. The maximum Gasteiger partial charge on any atom is 0.108 e. The van der Waals surface area contributed by atoms with Crippen molar-refractivity contribution < 1.29 is 9.84 Å². The van der Waals surface area contributed by atoms with Crippen molar-refractivity contribution in [2.24, 2.45) is 0 Å². The molecule has 1 aromatic carbocycles. The highest BCUT2D eigenvalue weighted by Crippen LogP contribution is 1.99. The molecule has 1 atom stereocenters. The van der Waals surface area contributed by atoms with Crippen molar-refractivity contribution >= 4 is 22.6 Å². The first kappa shape index (κ1) is 13.5. The SMILES string of the molecule is OC(CI)CC#CCOCc1ccccc1. The normalized spacial score (nSPS) is 11.6. The Hall–Kier alpha value is -0.570. The predicted molar refractivity (Wildman–Crippen MR) is 73.4 cm³/mol. The van der Waals surface area contributed by atoms with Gasteiger partial charge in [0.15, 0.2) is 0 Å². The average molecular weight is 330 g/mol. The fourth-order valence-electron chi connectivity index (χ4n) is 1.09. The monoisotopic (exact) mass is 330 g/mol. The smallest absolute Gasteiger partial charge is 0.108 e. The average Bonchev–Trinajstić information content (AvgIpc) is 2.34. The third-order valence-corrected chi connectivity index (χ3v) is 2.94. The molecule has 0 aliphatic rings. The molecule has 0 radical (unpaired) electrons. The Bertz CT molecular complexity index is 340. The molecule has 1 rings (SSSR count). The first-order valence-corrected chi connectivity index (χ1v) is 6.67. The van der Waals surface area contributed by atoms with Crippen LogP contribution < -0.4 is 0 Å².